The van der Waals surface area contributed by atoms with Crippen molar-refractivity contribution in [1.29, 1.82) is 0 Å². The zero-order valence-corrected chi connectivity index (χ0v) is 11.8. The molecule has 1 aromatic carbocycles. The molecule has 0 bridgehead atoms. The van der Waals surface area contributed by atoms with E-state index in [4.69, 9.17) is 9.84 Å². The van der Waals surface area contributed by atoms with Crippen LogP contribution in [0.5, 0.6) is 5.75 Å². The van der Waals surface area contributed by atoms with E-state index in [1.54, 1.807) is 17.8 Å². The zero-order chi connectivity index (χ0) is 14.1. The van der Waals surface area contributed by atoms with Crippen LogP contribution < -0.4 is 4.74 Å². The Bertz CT molecular complexity index is 650. The van der Waals surface area contributed by atoms with Crippen LogP contribution in [-0.2, 0) is 7.05 Å². The lowest BCUT2D eigenvalue weighted by Gasteiger charge is -2.26. The van der Waals surface area contributed by atoms with Crippen molar-refractivity contribution in [3.63, 3.8) is 0 Å². The fraction of sp³-hybridized carbons (Fsp3) is 0.286. The van der Waals surface area contributed by atoms with Crippen LogP contribution in [0, 0.1) is 0 Å². The Balaban J connectivity index is 1.89. The molecule has 20 heavy (non-hydrogen) atoms. The van der Waals surface area contributed by atoms with Gasteiger partial charge in [0, 0.05) is 24.1 Å². The monoisotopic (exact) mass is 290 g/mol. The van der Waals surface area contributed by atoms with Gasteiger partial charge in [-0.15, -0.1) is 0 Å². The first-order valence-electron chi connectivity index (χ1n) is 6.25. The number of hydrogen-bond donors (Lipinski definition) is 1. The van der Waals surface area contributed by atoms with Crippen molar-refractivity contribution >= 4 is 17.7 Å². The van der Waals surface area contributed by atoms with Gasteiger partial charge in [0.1, 0.15) is 11.9 Å². The quantitative estimate of drug-likeness (QED) is 0.936. The van der Waals surface area contributed by atoms with E-state index in [1.165, 1.54) is 0 Å². The van der Waals surface area contributed by atoms with E-state index in [9.17, 15) is 4.79 Å². The molecule has 2 aromatic rings. The Hall–Kier alpha value is -1.95. The second-order valence-electron chi connectivity index (χ2n) is 4.65. The van der Waals surface area contributed by atoms with Crippen molar-refractivity contribution in [2.24, 2.45) is 7.05 Å². The number of nitrogens with zero attached hydrogens (tertiary/aromatic N) is 2. The molecule has 2 heterocycles. The third-order valence-electron chi connectivity index (χ3n) is 3.14. The predicted molar refractivity (Wildman–Crippen MR) is 77.3 cm³/mol. The lowest BCUT2D eigenvalue weighted by atomic mass is 10.1. The first-order valence-corrected chi connectivity index (χ1v) is 7.41. The Morgan fingerprint density at radius 2 is 2.25 bits per heavy atom. The molecule has 0 spiro atoms. The summed E-state index contributed by atoms with van der Waals surface area (Å²) in [6, 6.07) is 9.24. The summed E-state index contributed by atoms with van der Waals surface area (Å²) < 4.78 is 7.41. The SMILES string of the molecule is Cn1nc(C(=O)O)cc1-c1cccc(OC2CSC2)c1. The summed E-state index contributed by atoms with van der Waals surface area (Å²) >= 11 is 1.87. The molecular weight excluding hydrogens is 276 g/mol. The number of carboxylic acids is 1. The van der Waals surface area contributed by atoms with Gasteiger partial charge in [-0.1, -0.05) is 12.1 Å². The van der Waals surface area contributed by atoms with Gasteiger partial charge in [-0.3, -0.25) is 4.68 Å². The molecule has 1 aromatic heterocycles. The standard InChI is InChI=1S/C14H14N2O3S/c1-16-13(6-12(15-16)14(17)18)9-3-2-4-10(5-9)19-11-7-20-8-11/h2-6,11H,7-8H2,1H3,(H,17,18). The third-order valence-corrected chi connectivity index (χ3v) is 4.35. The van der Waals surface area contributed by atoms with Crippen molar-refractivity contribution in [3.05, 3.63) is 36.0 Å². The van der Waals surface area contributed by atoms with Gasteiger partial charge >= 0.3 is 5.97 Å². The van der Waals surface area contributed by atoms with Crippen LogP contribution in [-0.4, -0.2) is 38.5 Å². The minimum atomic E-state index is -1.02. The average Bonchev–Trinajstić information content (AvgIpc) is 2.77. The Morgan fingerprint density at radius 1 is 1.45 bits per heavy atom. The molecule has 1 aliphatic rings. The number of rotatable bonds is 4. The first kappa shape index (κ1) is 13.1. The highest BCUT2D eigenvalue weighted by atomic mass is 32.2. The highest BCUT2D eigenvalue weighted by molar-refractivity contribution is 8.00. The van der Waals surface area contributed by atoms with Crippen LogP contribution in [0.15, 0.2) is 30.3 Å². The fourth-order valence-electron chi connectivity index (χ4n) is 2.05. The van der Waals surface area contributed by atoms with E-state index in [-0.39, 0.29) is 11.8 Å². The van der Waals surface area contributed by atoms with Gasteiger partial charge in [-0.05, 0) is 18.2 Å². The van der Waals surface area contributed by atoms with E-state index in [2.05, 4.69) is 5.10 Å². The van der Waals surface area contributed by atoms with Gasteiger partial charge in [0.25, 0.3) is 0 Å². The van der Waals surface area contributed by atoms with Gasteiger partial charge in [0.05, 0.1) is 5.69 Å². The van der Waals surface area contributed by atoms with Crippen molar-refractivity contribution < 1.29 is 14.6 Å². The number of aryl methyl sites for hydroxylation is 1. The normalized spacial score (nSPS) is 14.8. The van der Waals surface area contributed by atoms with Gasteiger partial charge < -0.3 is 9.84 Å². The fourth-order valence-corrected chi connectivity index (χ4v) is 2.61. The number of carboxylic acid groups (broad SMARTS) is 1. The number of aromatic carboxylic acids is 1. The number of ether oxygens (including phenoxy) is 1. The minimum Gasteiger partial charge on any atom is -0.489 e. The molecule has 0 aliphatic carbocycles. The molecule has 0 amide bonds. The van der Waals surface area contributed by atoms with Crippen molar-refractivity contribution in [1.82, 2.24) is 9.78 Å². The van der Waals surface area contributed by atoms with Crippen molar-refractivity contribution in [2.75, 3.05) is 11.5 Å². The topological polar surface area (TPSA) is 64.4 Å². The number of hydrogen-bond acceptors (Lipinski definition) is 4. The summed E-state index contributed by atoms with van der Waals surface area (Å²) in [5, 5.41) is 13.0. The Morgan fingerprint density at radius 3 is 2.85 bits per heavy atom. The third kappa shape index (κ3) is 2.51. The lowest BCUT2D eigenvalue weighted by Crippen LogP contribution is -2.30. The molecular formula is C14H14N2O3S. The molecule has 3 rings (SSSR count). The number of benzene rings is 1. The van der Waals surface area contributed by atoms with E-state index in [1.807, 2.05) is 36.0 Å². The Kier molecular flexibility index (Phi) is 3.40. The number of carbonyl (C=O) groups is 1. The summed E-state index contributed by atoms with van der Waals surface area (Å²) in [4.78, 5) is 11.0. The molecule has 1 saturated heterocycles. The van der Waals surface area contributed by atoms with Gasteiger partial charge in [-0.25, -0.2) is 4.79 Å². The van der Waals surface area contributed by atoms with Crippen LogP contribution >= 0.6 is 11.8 Å². The van der Waals surface area contributed by atoms with Gasteiger partial charge in [0.2, 0.25) is 0 Å². The lowest BCUT2D eigenvalue weighted by molar-refractivity contribution is 0.0689. The van der Waals surface area contributed by atoms with Crippen LogP contribution in [0.25, 0.3) is 11.3 Å². The maximum absolute atomic E-state index is 11.0. The smallest absolute Gasteiger partial charge is 0.356 e. The molecule has 0 radical (unpaired) electrons. The Labute approximate surface area is 120 Å². The van der Waals surface area contributed by atoms with Gasteiger partial charge in [-0.2, -0.15) is 16.9 Å². The van der Waals surface area contributed by atoms with Crippen LogP contribution in [0.2, 0.25) is 0 Å². The summed E-state index contributed by atoms with van der Waals surface area (Å²) in [6.07, 6.45) is 0.288. The van der Waals surface area contributed by atoms with E-state index in [0.29, 0.717) is 0 Å². The first-order chi connectivity index (χ1) is 9.63. The van der Waals surface area contributed by atoms with Crippen LogP contribution in [0.4, 0.5) is 0 Å². The van der Waals surface area contributed by atoms with Crippen molar-refractivity contribution in [3.8, 4) is 17.0 Å². The molecule has 1 N–H and O–H groups in total. The summed E-state index contributed by atoms with van der Waals surface area (Å²) in [7, 11) is 1.73. The molecule has 1 aliphatic heterocycles. The molecule has 6 heteroatoms. The van der Waals surface area contributed by atoms with Crippen LogP contribution in [0.3, 0.4) is 0 Å². The van der Waals surface area contributed by atoms with Crippen molar-refractivity contribution in [2.45, 2.75) is 6.10 Å². The van der Waals surface area contributed by atoms with Gasteiger partial charge in [0.15, 0.2) is 5.69 Å². The molecule has 0 unspecified atom stereocenters. The number of thioether (sulfide) groups is 1. The van der Waals surface area contributed by atoms with E-state index < -0.39 is 5.97 Å². The predicted octanol–water partition coefficient (Wildman–Crippen LogP) is 2.28. The number of aromatic nitrogens is 2. The second-order valence-corrected chi connectivity index (χ2v) is 5.72. The maximum atomic E-state index is 11.0. The van der Waals surface area contributed by atoms with E-state index >= 15 is 0 Å². The molecule has 5 nitrogen and oxygen atoms in total. The highest BCUT2D eigenvalue weighted by Crippen LogP contribution is 2.28. The zero-order valence-electron chi connectivity index (χ0n) is 10.9. The van der Waals surface area contributed by atoms with Crippen LogP contribution in [0.1, 0.15) is 10.5 Å². The second kappa shape index (κ2) is 5.20. The summed E-state index contributed by atoms with van der Waals surface area (Å²) in [5.41, 5.74) is 1.71. The highest BCUT2D eigenvalue weighted by Gasteiger charge is 2.20. The average molecular weight is 290 g/mol. The molecule has 104 valence electrons. The molecule has 1 fully saturated rings. The molecule has 0 saturated carbocycles. The maximum Gasteiger partial charge on any atom is 0.356 e. The minimum absolute atomic E-state index is 0.0456. The summed E-state index contributed by atoms with van der Waals surface area (Å²) in [5.74, 6) is 1.84. The van der Waals surface area contributed by atoms with E-state index in [0.717, 1.165) is 28.5 Å². The largest absolute Gasteiger partial charge is 0.489 e. The summed E-state index contributed by atoms with van der Waals surface area (Å²) in [6.45, 7) is 0. The molecule has 0 atom stereocenters.